The van der Waals surface area contributed by atoms with E-state index in [1.165, 1.54) is 7.11 Å². The number of carbonyl (C=O) groups excluding carboxylic acids is 1. The van der Waals surface area contributed by atoms with Crippen LogP contribution in [0.1, 0.15) is 28.9 Å². The molecule has 0 bridgehead atoms. The van der Waals surface area contributed by atoms with E-state index in [2.05, 4.69) is 10.6 Å². The predicted octanol–water partition coefficient (Wildman–Crippen LogP) is 4.17. The zero-order valence-corrected chi connectivity index (χ0v) is 14.4. The van der Waals surface area contributed by atoms with Crippen molar-refractivity contribution in [2.75, 3.05) is 12.4 Å². The van der Waals surface area contributed by atoms with Crippen molar-refractivity contribution >= 4 is 40.6 Å². The summed E-state index contributed by atoms with van der Waals surface area (Å²) in [6, 6.07) is 14.8. The Morgan fingerprint density at radius 2 is 1.91 bits per heavy atom. The number of benzene rings is 2. The normalized spacial score (nSPS) is 11.4. The average Bonchev–Trinajstić information content (AvgIpc) is 2.56. The van der Waals surface area contributed by atoms with Gasteiger partial charge >= 0.3 is 5.97 Å². The molecule has 6 heteroatoms. The highest BCUT2D eigenvalue weighted by atomic mass is 35.5. The Morgan fingerprint density at radius 1 is 1.22 bits per heavy atom. The van der Waals surface area contributed by atoms with E-state index in [-0.39, 0.29) is 6.04 Å². The summed E-state index contributed by atoms with van der Waals surface area (Å²) in [4.78, 5) is 11.6. The Morgan fingerprint density at radius 3 is 2.57 bits per heavy atom. The maximum Gasteiger partial charge on any atom is 0.337 e. The second kappa shape index (κ2) is 7.94. The number of halogens is 1. The molecule has 0 saturated heterocycles. The van der Waals surface area contributed by atoms with Gasteiger partial charge in [0.1, 0.15) is 0 Å². The second-order valence-corrected chi connectivity index (χ2v) is 5.73. The first-order valence-electron chi connectivity index (χ1n) is 7.01. The number of thiocarbonyl (C=S) groups is 1. The molecule has 4 nitrogen and oxygen atoms in total. The van der Waals surface area contributed by atoms with Gasteiger partial charge in [-0.2, -0.15) is 0 Å². The van der Waals surface area contributed by atoms with Crippen LogP contribution in [-0.2, 0) is 4.74 Å². The molecule has 0 radical (unpaired) electrons. The van der Waals surface area contributed by atoms with Crippen LogP contribution in [0.25, 0.3) is 0 Å². The third-order valence-corrected chi connectivity index (χ3v) is 3.83. The lowest BCUT2D eigenvalue weighted by Crippen LogP contribution is -2.31. The highest BCUT2D eigenvalue weighted by Gasteiger charge is 2.11. The number of methoxy groups -OCH3 is 1. The highest BCUT2D eigenvalue weighted by molar-refractivity contribution is 7.80. The van der Waals surface area contributed by atoms with Crippen molar-refractivity contribution in [1.29, 1.82) is 0 Å². The molecule has 1 atom stereocenters. The summed E-state index contributed by atoms with van der Waals surface area (Å²) >= 11 is 11.5. The average molecular weight is 349 g/mol. The molecule has 0 unspecified atom stereocenters. The monoisotopic (exact) mass is 348 g/mol. The van der Waals surface area contributed by atoms with Crippen LogP contribution >= 0.6 is 23.8 Å². The molecule has 120 valence electrons. The molecule has 0 aliphatic heterocycles. The van der Waals surface area contributed by atoms with Crippen molar-refractivity contribution in [2.45, 2.75) is 13.0 Å². The standard InChI is InChI=1S/C17H17ClN2O2S/c1-11(12-6-4-3-5-7-12)19-17(23)20-15-10-13(16(21)22-2)8-9-14(15)18/h3-11H,1-2H3,(H2,19,20,23)/t11-/m1/s1. The van der Waals surface area contributed by atoms with Gasteiger partial charge in [0.25, 0.3) is 0 Å². The van der Waals surface area contributed by atoms with Crippen molar-refractivity contribution in [3.63, 3.8) is 0 Å². The molecule has 2 rings (SSSR count). The van der Waals surface area contributed by atoms with Gasteiger partial charge in [0, 0.05) is 0 Å². The Labute approximate surface area is 145 Å². The molecular formula is C17H17ClN2O2S. The first-order valence-corrected chi connectivity index (χ1v) is 7.80. The molecule has 2 aromatic rings. The molecule has 0 saturated carbocycles. The quantitative estimate of drug-likeness (QED) is 0.641. The van der Waals surface area contributed by atoms with E-state index in [1.807, 2.05) is 37.3 Å². The number of esters is 1. The Balaban J connectivity index is 2.06. The molecule has 0 amide bonds. The summed E-state index contributed by atoms with van der Waals surface area (Å²) in [6.07, 6.45) is 0. The van der Waals surface area contributed by atoms with E-state index < -0.39 is 5.97 Å². The second-order valence-electron chi connectivity index (χ2n) is 4.92. The van der Waals surface area contributed by atoms with Gasteiger partial charge in [0.2, 0.25) is 0 Å². The molecule has 2 N–H and O–H groups in total. The maximum absolute atomic E-state index is 11.6. The van der Waals surface area contributed by atoms with Gasteiger partial charge in [0.05, 0.1) is 29.4 Å². The molecule has 0 aliphatic carbocycles. The molecule has 0 fully saturated rings. The molecule has 0 heterocycles. The summed E-state index contributed by atoms with van der Waals surface area (Å²) in [7, 11) is 1.33. The molecular weight excluding hydrogens is 332 g/mol. The summed E-state index contributed by atoms with van der Waals surface area (Å²) < 4.78 is 4.70. The third kappa shape index (κ3) is 4.68. The van der Waals surface area contributed by atoms with E-state index in [9.17, 15) is 4.79 Å². The molecule has 0 aromatic heterocycles. The fraction of sp³-hybridized carbons (Fsp3) is 0.176. The van der Waals surface area contributed by atoms with Gasteiger partial charge in [-0.3, -0.25) is 0 Å². The van der Waals surface area contributed by atoms with Crippen molar-refractivity contribution in [3.8, 4) is 0 Å². The first-order chi connectivity index (χ1) is 11.0. The fourth-order valence-electron chi connectivity index (χ4n) is 2.05. The van der Waals surface area contributed by atoms with Crippen LogP contribution < -0.4 is 10.6 Å². The van der Waals surface area contributed by atoms with E-state index >= 15 is 0 Å². The number of carbonyl (C=O) groups is 1. The Hall–Kier alpha value is -2.11. The van der Waals surface area contributed by atoms with Crippen LogP contribution in [0, 0.1) is 0 Å². The number of hydrogen-bond acceptors (Lipinski definition) is 3. The van der Waals surface area contributed by atoms with Crippen LogP contribution in [-0.4, -0.2) is 18.2 Å². The van der Waals surface area contributed by atoms with Crippen LogP contribution in [0.3, 0.4) is 0 Å². The van der Waals surface area contributed by atoms with E-state index in [4.69, 9.17) is 28.6 Å². The van der Waals surface area contributed by atoms with Crippen molar-refractivity contribution in [1.82, 2.24) is 5.32 Å². The summed E-state index contributed by atoms with van der Waals surface area (Å²) in [5, 5.41) is 7.08. The molecule has 23 heavy (non-hydrogen) atoms. The van der Waals surface area contributed by atoms with Crippen molar-refractivity contribution < 1.29 is 9.53 Å². The number of hydrogen-bond donors (Lipinski definition) is 2. The van der Waals surface area contributed by atoms with Crippen LogP contribution in [0.5, 0.6) is 0 Å². The van der Waals surface area contributed by atoms with E-state index in [1.54, 1.807) is 18.2 Å². The minimum absolute atomic E-state index is 0.0405. The van der Waals surface area contributed by atoms with Crippen molar-refractivity contribution in [3.05, 3.63) is 64.7 Å². The lowest BCUT2D eigenvalue weighted by atomic mass is 10.1. The van der Waals surface area contributed by atoms with Gasteiger partial charge in [-0.15, -0.1) is 0 Å². The minimum Gasteiger partial charge on any atom is -0.465 e. The van der Waals surface area contributed by atoms with Gasteiger partial charge in [-0.25, -0.2) is 4.79 Å². The number of anilines is 1. The summed E-state index contributed by atoms with van der Waals surface area (Å²) in [6.45, 7) is 2.01. The van der Waals surface area contributed by atoms with Gasteiger partial charge < -0.3 is 15.4 Å². The summed E-state index contributed by atoms with van der Waals surface area (Å²) in [5.41, 5.74) is 2.07. The molecule has 0 aliphatic rings. The fourth-order valence-corrected chi connectivity index (χ4v) is 2.50. The van der Waals surface area contributed by atoms with Gasteiger partial charge in [-0.1, -0.05) is 41.9 Å². The van der Waals surface area contributed by atoms with Crippen molar-refractivity contribution in [2.24, 2.45) is 0 Å². The first kappa shape index (κ1) is 17.2. The predicted molar refractivity (Wildman–Crippen MR) is 97.0 cm³/mol. The lowest BCUT2D eigenvalue weighted by molar-refractivity contribution is 0.0601. The van der Waals surface area contributed by atoms with Gasteiger partial charge in [0.15, 0.2) is 5.11 Å². The SMILES string of the molecule is COC(=O)c1ccc(Cl)c(NC(=S)N[C@H](C)c2ccccc2)c1. The van der Waals surface area contributed by atoms with Gasteiger partial charge in [-0.05, 0) is 42.9 Å². The molecule has 0 spiro atoms. The Kier molecular flexibility index (Phi) is 5.96. The van der Waals surface area contributed by atoms with E-state index in [0.29, 0.717) is 21.4 Å². The minimum atomic E-state index is -0.429. The number of rotatable bonds is 4. The third-order valence-electron chi connectivity index (χ3n) is 3.28. The maximum atomic E-state index is 11.6. The Bertz CT molecular complexity index is 707. The highest BCUT2D eigenvalue weighted by Crippen LogP contribution is 2.23. The smallest absolute Gasteiger partial charge is 0.337 e. The topological polar surface area (TPSA) is 50.4 Å². The number of ether oxygens (including phenoxy) is 1. The zero-order valence-electron chi connectivity index (χ0n) is 12.8. The largest absolute Gasteiger partial charge is 0.465 e. The van der Waals surface area contributed by atoms with Crippen LogP contribution in [0.2, 0.25) is 5.02 Å². The number of nitrogens with one attached hydrogen (secondary N) is 2. The summed E-state index contributed by atoms with van der Waals surface area (Å²) in [5.74, 6) is -0.429. The lowest BCUT2D eigenvalue weighted by Gasteiger charge is -2.18. The van der Waals surface area contributed by atoms with Crippen LogP contribution in [0.15, 0.2) is 48.5 Å². The van der Waals surface area contributed by atoms with Crippen LogP contribution in [0.4, 0.5) is 5.69 Å². The van der Waals surface area contributed by atoms with E-state index in [0.717, 1.165) is 5.56 Å². The molecule has 2 aromatic carbocycles. The zero-order chi connectivity index (χ0) is 16.8.